The molecule has 0 aromatic heterocycles. The van der Waals surface area contributed by atoms with Crippen molar-refractivity contribution >= 4 is 11.8 Å². The molecule has 0 unspecified atom stereocenters. The van der Waals surface area contributed by atoms with E-state index in [0.717, 1.165) is 44.9 Å². The van der Waals surface area contributed by atoms with Gasteiger partial charge in [-0.25, -0.2) is 0 Å². The van der Waals surface area contributed by atoms with Gasteiger partial charge < -0.3 is 20.8 Å². The number of nitrogens with two attached hydrogens (primary N) is 1. The van der Waals surface area contributed by atoms with E-state index in [1.165, 1.54) is 0 Å². The zero-order valence-corrected chi connectivity index (χ0v) is 24.7. The van der Waals surface area contributed by atoms with Crippen LogP contribution in [0.15, 0.2) is 0 Å². The van der Waals surface area contributed by atoms with Crippen LogP contribution in [0.5, 0.6) is 0 Å². The molecule has 1 fully saturated rings. The number of nitrogens with zero attached hydrogens (tertiary/aromatic N) is 1. The molecule has 1 aliphatic rings. The lowest BCUT2D eigenvalue weighted by Gasteiger charge is -2.55. The van der Waals surface area contributed by atoms with Crippen molar-refractivity contribution in [3.05, 3.63) is 0 Å². The van der Waals surface area contributed by atoms with Crippen molar-refractivity contribution in [1.82, 2.24) is 4.90 Å². The predicted molar refractivity (Wildman–Crippen MR) is 148 cm³/mol. The van der Waals surface area contributed by atoms with E-state index in [-0.39, 0.29) is 17.7 Å². The molecule has 4 N–H and O–H groups in total. The van der Waals surface area contributed by atoms with Gasteiger partial charge in [-0.15, -0.1) is 0 Å². The van der Waals surface area contributed by atoms with Gasteiger partial charge in [0.05, 0.1) is 23.3 Å². The van der Waals surface area contributed by atoms with E-state index < -0.39 is 34.6 Å². The molecular formula is C30H58N2O4. The molecule has 0 saturated heterocycles. The number of carbonyl (C=O) groups excluding carboxylic acids is 2. The maximum Gasteiger partial charge on any atom is 0.238 e. The SMILES string of the molecule is CCCC(O)(CCC)[C@@H](C(C)C)N(C(=O)C1(C(N)=O)CCCCC1)[C@H](C(C)C)C(O)(CCC)CCC. The summed E-state index contributed by atoms with van der Waals surface area (Å²) in [5.74, 6) is -0.978. The highest BCUT2D eigenvalue weighted by molar-refractivity contribution is 6.04. The predicted octanol–water partition coefficient (Wildman–Crippen LogP) is 5.96. The molecule has 1 aliphatic carbocycles. The van der Waals surface area contributed by atoms with Gasteiger partial charge in [0.25, 0.3) is 0 Å². The fourth-order valence-corrected chi connectivity index (χ4v) is 7.37. The molecule has 6 nitrogen and oxygen atoms in total. The Hall–Kier alpha value is -1.14. The van der Waals surface area contributed by atoms with Crippen LogP contribution in [0.3, 0.4) is 0 Å². The Bertz CT molecular complexity index is 638. The van der Waals surface area contributed by atoms with Crippen LogP contribution in [0.2, 0.25) is 0 Å². The normalized spacial score (nSPS) is 18.3. The van der Waals surface area contributed by atoms with Gasteiger partial charge in [0.1, 0.15) is 5.41 Å². The number of carbonyl (C=O) groups is 2. The number of rotatable bonds is 16. The minimum Gasteiger partial charge on any atom is -0.388 e. The molecule has 212 valence electrons. The lowest BCUT2D eigenvalue weighted by molar-refractivity contribution is -0.183. The summed E-state index contributed by atoms with van der Waals surface area (Å²) in [6.07, 6.45) is 8.77. The molecule has 0 aromatic rings. The van der Waals surface area contributed by atoms with Crippen LogP contribution >= 0.6 is 0 Å². The van der Waals surface area contributed by atoms with Crippen LogP contribution in [-0.2, 0) is 9.59 Å². The molecular weight excluding hydrogens is 452 g/mol. The molecule has 2 amide bonds. The van der Waals surface area contributed by atoms with Gasteiger partial charge in [-0.1, -0.05) is 100 Å². The average Bonchev–Trinajstić information content (AvgIpc) is 2.78. The lowest BCUT2D eigenvalue weighted by atomic mass is 9.68. The summed E-state index contributed by atoms with van der Waals surface area (Å²) in [5, 5.41) is 24.5. The van der Waals surface area contributed by atoms with Gasteiger partial charge in [-0.05, 0) is 50.4 Å². The molecule has 2 atom stereocenters. The molecule has 36 heavy (non-hydrogen) atoms. The first-order valence-electron chi connectivity index (χ1n) is 14.9. The zero-order chi connectivity index (χ0) is 27.7. The summed E-state index contributed by atoms with van der Waals surface area (Å²) in [5.41, 5.74) is 2.52. The van der Waals surface area contributed by atoms with Crippen LogP contribution in [0, 0.1) is 17.3 Å². The van der Waals surface area contributed by atoms with Crippen molar-refractivity contribution in [2.24, 2.45) is 23.0 Å². The smallest absolute Gasteiger partial charge is 0.238 e. The van der Waals surface area contributed by atoms with E-state index in [9.17, 15) is 19.8 Å². The second-order valence-electron chi connectivity index (χ2n) is 12.3. The number of amides is 2. The highest BCUT2D eigenvalue weighted by atomic mass is 16.3. The van der Waals surface area contributed by atoms with Crippen LogP contribution in [-0.4, -0.2) is 50.2 Å². The average molecular weight is 511 g/mol. The third kappa shape index (κ3) is 7.03. The standard InChI is InChI=1S/C30H58N2O4/c1-9-16-29(35,17-10-2)24(22(5)6)32(25(23(7)8)30(36,18-11-3)19-12-4)27(34)28(26(31)33)20-14-13-15-21-28/h22-25,35-36H,9-21H2,1-8H3,(H2,31,33)/t24-,25-/m1/s1. The van der Waals surface area contributed by atoms with E-state index in [1.807, 2.05) is 4.90 Å². The van der Waals surface area contributed by atoms with Gasteiger partial charge in [0.2, 0.25) is 11.8 Å². The van der Waals surface area contributed by atoms with Gasteiger partial charge in [0, 0.05) is 0 Å². The van der Waals surface area contributed by atoms with Crippen LogP contribution in [0.1, 0.15) is 139 Å². The highest BCUT2D eigenvalue weighted by Gasteiger charge is 2.57. The lowest BCUT2D eigenvalue weighted by Crippen LogP contribution is -2.70. The molecule has 1 rings (SSSR count). The molecule has 1 saturated carbocycles. The van der Waals surface area contributed by atoms with Gasteiger partial charge in [0.15, 0.2) is 0 Å². The van der Waals surface area contributed by atoms with E-state index >= 15 is 0 Å². The maximum absolute atomic E-state index is 14.9. The fourth-order valence-electron chi connectivity index (χ4n) is 7.37. The molecule has 0 spiro atoms. The van der Waals surface area contributed by atoms with Gasteiger partial charge >= 0.3 is 0 Å². The van der Waals surface area contributed by atoms with E-state index in [1.54, 1.807) is 0 Å². The Morgan fingerprint density at radius 2 is 1.08 bits per heavy atom. The van der Waals surface area contributed by atoms with Crippen molar-refractivity contribution in [3.63, 3.8) is 0 Å². The molecule has 0 heterocycles. The fraction of sp³-hybridized carbons (Fsp3) is 0.933. The number of hydrogen-bond acceptors (Lipinski definition) is 4. The van der Waals surface area contributed by atoms with Crippen LogP contribution < -0.4 is 5.73 Å². The number of hydrogen-bond donors (Lipinski definition) is 3. The summed E-state index contributed by atoms with van der Waals surface area (Å²) in [6.45, 7) is 16.4. The second-order valence-corrected chi connectivity index (χ2v) is 12.3. The zero-order valence-electron chi connectivity index (χ0n) is 24.7. The van der Waals surface area contributed by atoms with Crippen molar-refractivity contribution < 1.29 is 19.8 Å². The minimum absolute atomic E-state index is 0.0701. The third-order valence-corrected chi connectivity index (χ3v) is 8.52. The first kappa shape index (κ1) is 32.9. The maximum atomic E-state index is 14.9. The molecule has 0 aliphatic heterocycles. The summed E-state index contributed by atoms with van der Waals surface area (Å²) < 4.78 is 0. The topological polar surface area (TPSA) is 104 Å². The molecule has 0 radical (unpaired) electrons. The third-order valence-electron chi connectivity index (χ3n) is 8.52. The Balaban J connectivity index is 4.00. The monoisotopic (exact) mass is 510 g/mol. The Morgan fingerprint density at radius 3 is 1.33 bits per heavy atom. The Morgan fingerprint density at radius 1 is 0.750 bits per heavy atom. The summed E-state index contributed by atoms with van der Waals surface area (Å²) >= 11 is 0. The first-order chi connectivity index (χ1) is 16.8. The molecule has 0 bridgehead atoms. The quantitative estimate of drug-likeness (QED) is 0.223. The Labute approximate surface area is 221 Å². The largest absolute Gasteiger partial charge is 0.388 e. The van der Waals surface area contributed by atoms with Crippen molar-refractivity contribution in [2.45, 2.75) is 162 Å². The minimum atomic E-state index is -1.28. The molecule has 0 aromatic carbocycles. The van der Waals surface area contributed by atoms with Gasteiger partial charge in [-0.3, -0.25) is 9.59 Å². The van der Waals surface area contributed by atoms with E-state index in [0.29, 0.717) is 38.5 Å². The molecule has 6 heteroatoms. The Kier molecular flexibility index (Phi) is 12.9. The van der Waals surface area contributed by atoms with Crippen LogP contribution in [0.25, 0.3) is 0 Å². The summed E-state index contributed by atoms with van der Waals surface area (Å²) in [4.78, 5) is 29.7. The van der Waals surface area contributed by atoms with E-state index in [4.69, 9.17) is 5.73 Å². The number of primary amides is 1. The number of aliphatic hydroxyl groups is 2. The van der Waals surface area contributed by atoms with Crippen LogP contribution in [0.4, 0.5) is 0 Å². The van der Waals surface area contributed by atoms with Crippen molar-refractivity contribution in [1.29, 1.82) is 0 Å². The van der Waals surface area contributed by atoms with Gasteiger partial charge in [-0.2, -0.15) is 0 Å². The first-order valence-corrected chi connectivity index (χ1v) is 14.9. The summed E-state index contributed by atoms with van der Waals surface area (Å²) in [7, 11) is 0. The summed E-state index contributed by atoms with van der Waals surface area (Å²) in [6, 6.07) is -1.06. The van der Waals surface area contributed by atoms with Crippen molar-refractivity contribution in [2.75, 3.05) is 0 Å². The van der Waals surface area contributed by atoms with E-state index in [2.05, 4.69) is 55.4 Å². The van der Waals surface area contributed by atoms with Crippen molar-refractivity contribution in [3.8, 4) is 0 Å². The highest BCUT2D eigenvalue weighted by Crippen LogP contribution is 2.45. The second kappa shape index (κ2) is 14.1.